The molecule has 0 aliphatic carbocycles. The normalized spacial score (nSPS) is 7.33. The van der Waals surface area contributed by atoms with Crippen molar-refractivity contribution in [2.24, 2.45) is 14.1 Å². The molecule has 0 bridgehead atoms. The number of nitrogens with zero attached hydrogens (tertiary/aromatic N) is 2. The lowest BCUT2D eigenvalue weighted by Gasteiger charge is -1.72. The van der Waals surface area contributed by atoms with Gasteiger partial charge in [0.1, 0.15) is 12.4 Å². The molecule has 1 heterocycles. The van der Waals surface area contributed by atoms with Gasteiger partial charge in [-0.25, -0.2) is 9.13 Å². The van der Waals surface area contributed by atoms with E-state index < -0.39 is 0 Å². The average molecular weight is 169 g/mol. The lowest BCUT2D eigenvalue weighted by molar-refractivity contribution is -0.670. The van der Waals surface area contributed by atoms with Crippen LogP contribution in [0.1, 0.15) is 0 Å². The summed E-state index contributed by atoms with van der Waals surface area (Å²) < 4.78 is 4.00. The maximum absolute atomic E-state index is 2.00. The van der Waals surface area contributed by atoms with E-state index in [4.69, 9.17) is 0 Å². The van der Waals surface area contributed by atoms with Gasteiger partial charge in [-0.2, -0.15) is 0 Å². The molecule has 2 nitrogen and oxygen atoms in total. The van der Waals surface area contributed by atoms with Crippen molar-refractivity contribution < 1.29 is 17.0 Å². The fraction of sp³-hybridized carbons (Fsp3) is 0.400. The van der Waals surface area contributed by atoms with Crippen molar-refractivity contribution in [1.29, 1.82) is 0 Å². The number of hydrogen-bond acceptors (Lipinski definition) is 0. The molecule has 0 atom stereocenters. The third kappa shape index (κ3) is 3.38. The summed E-state index contributed by atoms with van der Waals surface area (Å²) in [6.45, 7) is 0. The predicted molar refractivity (Wildman–Crippen MR) is 33.8 cm³/mol. The lowest BCUT2D eigenvalue weighted by Crippen LogP contribution is -3.00. The Morgan fingerprint density at radius 3 is 2.11 bits per heavy atom. The molecule has 0 amide bonds. The van der Waals surface area contributed by atoms with Crippen LogP contribution in [0.5, 0.6) is 0 Å². The zero-order valence-corrected chi connectivity index (χ0v) is 6.99. The second kappa shape index (κ2) is 4.65. The molecule has 1 rings (SSSR count). The highest BCUT2D eigenvalue weighted by Gasteiger charge is 1.87. The molecule has 0 saturated carbocycles. The van der Waals surface area contributed by atoms with E-state index in [0.717, 1.165) is 0 Å². The fourth-order valence-electron chi connectivity index (χ4n) is 0.575. The van der Waals surface area contributed by atoms with Crippen LogP contribution in [-0.2, 0) is 14.1 Å². The highest BCUT2D eigenvalue weighted by molar-refractivity contribution is 5.85. The van der Waals surface area contributed by atoms with Gasteiger partial charge in [0.15, 0.2) is 0 Å². The quantitative estimate of drug-likeness (QED) is 0.373. The smallest absolute Gasteiger partial charge is 0.243 e. The molecular weight excluding hydrogens is 159 g/mol. The Balaban J connectivity index is 0. The number of aromatic nitrogens is 2. The number of imidazole rings is 1. The van der Waals surface area contributed by atoms with E-state index in [9.17, 15) is 0 Å². The number of hydrogen-bond donors (Lipinski definition) is 0. The summed E-state index contributed by atoms with van der Waals surface area (Å²) in [6.07, 6.45) is 6.00. The van der Waals surface area contributed by atoms with Gasteiger partial charge < -0.3 is 12.4 Å². The van der Waals surface area contributed by atoms with Crippen LogP contribution in [0.3, 0.4) is 0 Å². The number of halogens is 2. The average Bonchev–Trinajstić information content (AvgIpc) is 1.87. The largest absolute Gasteiger partial charge is 1.00 e. The van der Waals surface area contributed by atoms with Crippen LogP contribution in [-0.4, -0.2) is 4.57 Å². The van der Waals surface area contributed by atoms with Crippen molar-refractivity contribution in [1.82, 2.24) is 4.57 Å². The Kier molecular flexibility index (Phi) is 5.98. The SMILES string of the molecule is Cl.Cn1cc[n+](C)c1.[Cl-]. The van der Waals surface area contributed by atoms with E-state index in [2.05, 4.69) is 0 Å². The first-order valence-corrected chi connectivity index (χ1v) is 2.26. The molecular formula is C5H10Cl2N2. The van der Waals surface area contributed by atoms with Crippen LogP contribution in [0.25, 0.3) is 0 Å². The molecule has 4 heteroatoms. The standard InChI is InChI=1S/C5H9N2.2ClH/c1-6-3-4-7(2)5-6;;/h3-5H,1-2H3;2*1H/q+1;;/p-1. The maximum Gasteiger partial charge on any atom is 0.243 e. The summed E-state index contributed by atoms with van der Waals surface area (Å²) in [5.41, 5.74) is 0. The van der Waals surface area contributed by atoms with Gasteiger partial charge in [-0.3, -0.25) is 0 Å². The first-order valence-electron chi connectivity index (χ1n) is 2.26. The Morgan fingerprint density at radius 1 is 1.44 bits per heavy atom. The van der Waals surface area contributed by atoms with Gasteiger partial charge in [0.2, 0.25) is 6.33 Å². The van der Waals surface area contributed by atoms with E-state index >= 15 is 0 Å². The molecule has 0 radical (unpaired) electrons. The maximum atomic E-state index is 2.00. The minimum absolute atomic E-state index is 0. The highest BCUT2D eigenvalue weighted by Crippen LogP contribution is 1.70. The molecule has 1 aromatic heterocycles. The first kappa shape index (κ1) is 11.6. The lowest BCUT2D eigenvalue weighted by atomic mass is 10.9. The Labute approximate surface area is 67.3 Å². The number of rotatable bonds is 0. The van der Waals surface area contributed by atoms with Gasteiger partial charge in [0, 0.05) is 0 Å². The molecule has 0 spiro atoms. The van der Waals surface area contributed by atoms with Gasteiger partial charge in [0.25, 0.3) is 0 Å². The third-order valence-electron chi connectivity index (χ3n) is 0.901. The van der Waals surface area contributed by atoms with E-state index in [-0.39, 0.29) is 24.8 Å². The van der Waals surface area contributed by atoms with E-state index in [1.807, 2.05) is 42.0 Å². The molecule has 0 aromatic carbocycles. The number of aryl methyl sites for hydroxylation is 2. The van der Waals surface area contributed by atoms with Crippen molar-refractivity contribution in [3.63, 3.8) is 0 Å². The molecule has 9 heavy (non-hydrogen) atoms. The summed E-state index contributed by atoms with van der Waals surface area (Å²) in [6, 6.07) is 0. The monoisotopic (exact) mass is 168 g/mol. The van der Waals surface area contributed by atoms with Gasteiger partial charge in [-0.1, -0.05) is 0 Å². The van der Waals surface area contributed by atoms with Crippen LogP contribution >= 0.6 is 12.4 Å². The highest BCUT2D eigenvalue weighted by atomic mass is 35.5. The summed E-state index contributed by atoms with van der Waals surface area (Å²) in [4.78, 5) is 0. The molecule has 0 aliphatic rings. The summed E-state index contributed by atoms with van der Waals surface area (Å²) in [5, 5.41) is 0. The second-order valence-corrected chi connectivity index (χ2v) is 1.74. The van der Waals surface area contributed by atoms with Crippen molar-refractivity contribution in [2.75, 3.05) is 0 Å². The van der Waals surface area contributed by atoms with Gasteiger partial charge >= 0.3 is 0 Å². The third-order valence-corrected chi connectivity index (χ3v) is 0.901. The van der Waals surface area contributed by atoms with Crippen LogP contribution in [0.15, 0.2) is 18.7 Å². The van der Waals surface area contributed by atoms with Crippen LogP contribution < -0.4 is 17.0 Å². The summed E-state index contributed by atoms with van der Waals surface area (Å²) in [5.74, 6) is 0. The zero-order valence-electron chi connectivity index (χ0n) is 5.41. The van der Waals surface area contributed by atoms with Crippen LogP contribution in [0.4, 0.5) is 0 Å². The first-order chi connectivity index (χ1) is 3.29. The molecule has 54 valence electrons. The van der Waals surface area contributed by atoms with Gasteiger partial charge in [-0.15, -0.1) is 12.4 Å². The van der Waals surface area contributed by atoms with Crippen molar-refractivity contribution in [3.8, 4) is 0 Å². The zero-order chi connectivity index (χ0) is 5.28. The molecule has 0 unspecified atom stereocenters. The summed E-state index contributed by atoms with van der Waals surface area (Å²) in [7, 11) is 4.00. The minimum atomic E-state index is 0. The van der Waals surface area contributed by atoms with Crippen molar-refractivity contribution >= 4 is 12.4 Å². The molecule has 0 aliphatic heterocycles. The topological polar surface area (TPSA) is 8.81 Å². The fourth-order valence-corrected chi connectivity index (χ4v) is 0.575. The van der Waals surface area contributed by atoms with E-state index in [0.29, 0.717) is 0 Å². The Hall–Kier alpha value is -0.210. The van der Waals surface area contributed by atoms with Crippen LogP contribution in [0, 0.1) is 0 Å². The minimum Gasteiger partial charge on any atom is -1.00 e. The molecule has 0 saturated heterocycles. The van der Waals surface area contributed by atoms with E-state index in [1.54, 1.807) is 0 Å². The Bertz CT molecular complexity index is 145. The van der Waals surface area contributed by atoms with Crippen molar-refractivity contribution in [3.05, 3.63) is 18.7 Å². The molecule has 1 aromatic rings. The summed E-state index contributed by atoms with van der Waals surface area (Å²) >= 11 is 0. The van der Waals surface area contributed by atoms with Crippen LogP contribution in [0.2, 0.25) is 0 Å². The van der Waals surface area contributed by atoms with Crippen molar-refractivity contribution in [2.45, 2.75) is 0 Å². The predicted octanol–water partition coefficient (Wildman–Crippen LogP) is -2.72. The molecule has 0 fully saturated rings. The van der Waals surface area contributed by atoms with E-state index in [1.165, 1.54) is 0 Å². The second-order valence-electron chi connectivity index (χ2n) is 1.74. The Morgan fingerprint density at radius 2 is 2.00 bits per heavy atom. The molecule has 0 N–H and O–H groups in total. The van der Waals surface area contributed by atoms with Gasteiger partial charge in [-0.05, 0) is 0 Å². The van der Waals surface area contributed by atoms with Gasteiger partial charge in [0.05, 0.1) is 14.1 Å².